The summed E-state index contributed by atoms with van der Waals surface area (Å²) >= 11 is 6.93. The van der Waals surface area contributed by atoms with Gasteiger partial charge in [-0.15, -0.1) is 0 Å². The molecule has 0 saturated carbocycles. The van der Waals surface area contributed by atoms with E-state index in [1.165, 1.54) is 16.2 Å². The summed E-state index contributed by atoms with van der Waals surface area (Å²) in [6, 6.07) is 13.6. The zero-order valence-corrected chi connectivity index (χ0v) is 19.9. The Morgan fingerprint density at radius 3 is 2.55 bits per heavy atom. The Morgan fingerprint density at radius 2 is 1.87 bits per heavy atom. The summed E-state index contributed by atoms with van der Waals surface area (Å²) in [6.07, 6.45) is 2.92. The zero-order chi connectivity index (χ0) is 22.3. The van der Waals surface area contributed by atoms with E-state index >= 15 is 0 Å². The lowest BCUT2D eigenvalue weighted by Gasteiger charge is -2.47. The molecule has 31 heavy (non-hydrogen) atoms. The SMILES string of the molecule is CCN1c2ccc(/C=C3/SC(=O)N(Cc4ccc(Cl)cc4)C3=O)cc2C(C)CC1(C)C. The summed E-state index contributed by atoms with van der Waals surface area (Å²) in [6.45, 7) is 10.2. The molecule has 162 valence electrons. The molecular formula is C25H27ClN2O2S. The van der Waals surface area contributed by atoms with Crippen molar-refractivity contribution in [2.45, 2.75) is 52.1 Å². The van der Waals surface area contributed by atoms with E-state index in [0.717, 1.165) is 35.9 Å². The molecule has 1 saturated heterocycles. The van der Waals surface area contributed by atoms with Crippen molar-refractivity contribution in [3.63, 3.8) is 0 Å². The van der Waals surface area contributed by atoms with Gasteiger partial charge in [-0.25, -0.2) is 0 Å². The third kappa shape index (κ3) is 4.26. The number of carbonyl (C=O) groups is 2. The molecule has 0 radical (unpaired) electrons. The fourth-order valence-corrected chi connectivity index (χ4v) is 5.72. The summed E-state index contributed by atoms with van der Waals surface area (Å²) in [7, 11) is 0. The van der Waals surface area contributed by atoms with Crippen LogP contribution in [0.25, 0.3) is 6.08 Å². The molecule has 6 heteroatoms. The van der Waals surface area contributed by atoms with Crippen molar-refractivity contribution in [1.29, 1.82) is 0 Å². The predicted octanol–water partition coefficient (Wildman–Crippen LogP) is 6.69. The van der Waals surface area contributed by atoms with E-state index in [1.54, 1.807) is 12.1 Å². The largest absolute Gasteiger partial charge is 0.366 e. The minimum absolute atomic E-state index is 0.118. The van der Waals surface area contributed by atoms with Gasteiger partial charge in [-0.3, -0.25) is 14.5 Å². The van der Waals surface area contributed by atoms with Gasteiger partial charge in [-0.05, 0) is 91.9 Å². The molecule has 2 aromatic rings. The van der Waals surface area contributed by atoms with Crippen LogP contribution in [0.4, 0.5) is 10.5 Å². The van der Waals surface area contributed by atoms with Crippen molar-refractivity contribution in [3.05, 3.63) is 69.1 Å². The fourth-order valence-electron chi connectivity index (χ4n) is 4.76. The Hall–Kier alpha value is -2.24. The van der Waals surface area contributed by atoms with Crippen molar-refractivity contribution < 1.29 is 9.59 Å². The van der Waals surface area contributed by atoms with Crippen LogP contribution in [0.1, 0.15) is 56.7 Å². The minimum atomic E-state index is -0.243. The van der Waals surface area contributed by atoms with Crippen LogP contribution in [0.2, 0.25) is 5.02 Å². The second kappa shape index (κ2) is 8.36. The van der Waals surface area contributed by atoms with Gasteiger partial charge in [0.1, 0.15) is 0 Å². The highest BCUT2D eigenvalue weighted by Crippen LogP contribution is 2.44. The number of anilines is 1. The smallest absolute Gasteiger partial charge is 0.293 e. The quantitative estimate of drug-likeness (QED) is 0.482. The maximum atomic E-state index is 12.9. The van der Waals surface area contributed by atoms with Gasteiger partial charge < -0.3 is 4.90 Å². The van der Waals surface area contributed by atoms with Crippen molar-refractivity contribution >= 4 is 46.3 Å². The first-order chi connectivity index (χ1) is 14.7. The number of benzene rings is 2. The van der Waals surface area contributed by atoms with Crippen molar-refractivity contribution in [1.82, 2.24) is 4.90 Å². The van der Waals surface area contributed by atoms with E-state index in [-0.39, 0.29) is 23.2 Å². The van der Waals surface area contributed by atoms with Crippen molar-refractivity contribution in [3.8, 4) is 0 Å². The van der Waals surface area contributed by atoms with E-state index in [9.17, 15) is 9.59 Å². The molecule has 1 atom stereocenters. The molecule has 0 aliphatic carbocycles. The molecule has 4 rings (SSSR count). The molecular weight excluding hydrogens is 428 g/mol. The average molecular weight is 455 g/mol. The molecule has 2 aliphatic heterocycles. The topological polar surface area (TPSA) is 40.6 Å². The minimum Gasteiger partial charge on any atom is -0.366 e. The van der Waals surface area contributed by atoms with Gasteiger partial charge in [0.05, 0.1) is 11.4 Å². The second-order valence-corrected chi connectivity index (χ2v) is 10.3. The Bertz CT molecular complexity index is 1060. The summed E-state index contributed by atoms with van der Waals surface area (Å²) in [4.78, 5) is 29.6. The molecule has 0 aromatic heterocycles. The summed E-state index contributed by atoms with van der Waals surface area (Å²) in [5, 5.41) is 0.390. The molecule has 1 unspecified atom stereocenters. The van der Waals surface area contributed by atoms with Crippen LogP contribution < -0.4 is 4.90 Å². The first-order valence-electron chi connectivity index (χ1n) is 10.6. The molecule has 2 heterocycles. The first kappa shape index (κ1) is 22.0. The molecule has 4 nitrogen and oxygen atoms in total. The highest BCUT2D eigenvalue weighted by atomic mass is 35.5. The van der Waals surface area contributed by atoms with E-state index in [1.807, 2.05) is 24.3 Å². The molecule has 0 bridgehead atoms. The van der Waals surface area contributed by atoms with Gasteiger partial charge in [0.2, 0.25) is 0 Å². The highest BCUT2D eigenvalue weighted by Gasteiger charge is 2.37. The molecule has 0 N–H and O–H groups in total. The number of rotatable bonds is 4. The number of fused-ring (bicyclic) bond motifs is 1. The maximum Gasteiger partial charge on any atom is 0.293 e. The van der Waals surface area contributed by atoms with Crippen LogP contribution >= 0.6 is 23.4 Å². The average Bonchev–Trinajstić information content (AvgIpc) is 2.97. The monoisotopic (exact) mass is 454 g/mol. The Balaban J connectivity index is 1.59. The van der Waals surface area contributed by atoms with Crippen LogP contribution in [0, 0.1) is 0 Å². The van der Waals surface area contributed by atoms with Gasteiger partial charge >= 0.3 is 0 Å². The van der Waals surface area contributed by atoms with Crippen molar-refractivity contribution in [2.75, 3.05) is 11.4 Å². The Morgan fingerprint density at radius 1 is 1.16 bits per heavy atom. The second-order valence-electron chi connectivity index (χ2n) is 8.87. The summed E-state index contributed by atoms with van der Waals surface area (Å²) < 4.78 is 0. The lowest BCUT2D eigenvalue weighted by molar-refractivity contribution is -0.123. The molecule has 1 fully saturated rings. The highest BCUT2D eigenvalue weighted by molar-refractivity contribution is 8.18. The first-order valence-corrected chi connectivity index (χ1v) is 11.8. The van der Waals surface area contributed by atoms with Gasteiger partial charge in [-0.2, -0.15) is 0 Å². The third-order valence-electron chi connectivity index (χ3n) is 6.15. The molecule has 2 aromatic carbocycles. The van der Waals surface area contributed by atoms with Crippen LogP contribution in [-0.4, -0.2) is 28.1 Å². The molecule has 0 spiro atoms. The molecule has 2 amide bonds. The van der Waals surface area contributed by atoms with E-state index in [0.29, 0.717) is 15.8 Å². The number of halogens is 1. The number of nitrogens with zero attached hydrogens (tertiary/aromatic N) is 2. The summed E-state index contributed by atoms with van der Waals surface area (Å²) in [5.41, 5.74) is 4.51. The van der Waals surface area contributed by atoms with Gasteiger partial charge in [-0.1, -0.05) is 36.7 Å². The Kier molecular flexibility index (Phi) is 5.93. The normalized spacial score (nSPS) is 21.7. The van der Waals surface area contributed by atoms with Gasteiger partial charge in [0.25, 0.3) is 11.1 Å². The number of thioether (sulfide) groups is 1. The number of amides is 2. The van der Waals surface area contributed by atoms with Crippen molar-refractivity contribution in [2.24, 2.45) is 0 Å². The lowest BCUT2D eigenvalue weighted by atomic mass is 9.79. The number of hydrogen-bond donors (Lipinski definition) is 0. The fraction of sp³-hybridized carbons (Fsp3) is 0.360. The zero-order valence-electron chi connectivity index (χ0n) is 18.3. The predicted molar refractivity (Wildman–Crippen MR) is 130 cm³/mol. The summed E-state index contributed by atoms with van der Waals surface area (Å²) in [5.74, 6) is 0.188. The van der Waals surface area contributed by atoms with E-state index in [4.69, 9.17) is 11.6 Å². The van der Waals surface area contributed by atoms with Gasteiger partial charge in [0.15, 0.2) is 0 Å². The number of carbonyl (C=O) groups excluding carboxylic acids is 2. The number of imide groups is 1. The standard InChI is InChI=1S/C25H27ClN2O2S/c1-5-28-21-11-8-18(12-20(21)16(2)14-25(28,3)4)13-22-23(29)27(24(30)31-22)15-17-6-9-19(26)10-7-17/h6-13,16H,5,14-15H2,1-4H3/b22-13+. The van der Waals surface area contributed by atoms with Crippen LogP contribution in [0.3, 0.4) is 0 Å². The van der Waals surface area contributed by atoms with E-state index in [2.05, 4.69) is 44.7 Å². The van der Waals surface area contributed by atoms with Crippen LogP contribution in [0.15, 0.2) is 47.4 Å². The lowest BCUT2D eigenvalue weighted by Crippen LogP contribution is -2.48. The van der Waals surface area contributed by atoms with Gasteiger partial charge in [0, 0.05) is 22.8 Å². The van der Waals surface area contributed by atoms with E-state index < -0.39 is 0 Å². The third-order valence-corrected chi connectivity index (χ3v) is 7.31. The maximum absolute atomic E-state index is 12.9. The Labute approximate surface area is 193 Å². The molecule has 2 aliphatic rings. The number of hydrogen-bond acceptors (Lipinski definition) is 4. The van der Waals surface area contributed by atoms with Crippen LogP contribution in [0.5, 0.6) is 0 Å². The van der Waals surface area contributed by atoms with Crippen LogP contribution in [-0.2, 0) is 11.3 Å².